The van der Waals surface area contributed by atoms with Gasteiger partial charge in [0.15, 0.2) is 0 Å². The van der Waals surface area contributed by atoms with Crippen LogP contribution in [0.1, 0.15) is 19.3 Å². The maximum atomic E-state index is 12.4. The lowest BCUT2D eigenvalue weighted by molar-refractivity contribution is 0.432. The van der Waals surface area contributed by atoms with Crippen LogP contribution in [0.25, 0.3) is 10.9 Å². The van der Waals surface area contributed by atoms with Crippen molar-refractivity contribution >= 4 is 26.7 Å². The maximum absolute atomic E-state index is 12.4. The van der Waals surface area contributed by atoms with E-state index in [0.29, 0.717) is 19.6 Å². The number of fused-ring (bicyclic) bond motifs is 1. The number of aromatic nitrogens is 3. The lowest BCUT2D eigenvalue weighted by atomic mass is 10.2. The molecule has 0 bridgehead atoms. The van der Waals surface area contributed by atoms with Crippen molar-refractivity contribution in [1.29, 1.82) is 0 Å². The average Bonchev–Trinajstić information content (AvgIpc) is 3.40. The molecule has 23 heavy (non-hydrogen) atoms. The van der Waals surface area contributed by atoms with Gasteiger partial charge in [-0.2, -0.15) is 4.31 Å². The van der Waals surface area contributed by atoms with Crippen molar-refractivity contribution in [3.63, 3.8) is 0 Å². The van der Waals surface area contributed by atoms with Crippen LogP contribution in [0, 0.1) is 0 Å². The summed E-state index contributed by atoms with van der Waals surface area (Å²) in [5.41, 5.74) is 0.809. The molecule has 7 nitrogen and oxygen atoms in total. The van der Waals surface area contributed by atoms with Crippen molar-refractivity contribution in [1.82, 2.24) is 19.3 Å². The first kappa shape index (κ1) is 14.8. The van der Waals surface area contributed by atoms with Crippen LogP contribution in [0.5, 0.6) is 0 Å². The molecule has 0 aromatic carbocycles. The first-order valence-electron chi connectivity index (χ1n) is 7.95. The van der Waals surface area contributed by atoms with Crippen LogP contribution in [0.15, 0.2) is 24.8 Å². The number of hydrogen-bond acceptors (Lipinski definition) is 6. The molecule has 0 unspecified atom stereocenters. The number of hydrogen-bond donors (Lipinski definition) is 0. The normalized spacial score (nSPS) is 20.6. The van der Waals surface area contributed by atoms with Gasteiger partial charge in [-0.1, -0.05) is 0 Å². The van der Waals surface area contributed by atoms with E-state index in [4.69, 9.17) is 0 Å². The number of sulfonamides is 1. The van der Waals surface area contributed by atoms with Gasteiger partial charge in [0.25, 0.3) is 0 Å². The summed E-state index contributed by atoms with van der Waals surface area (Å²) in [4.78, 5) is 14.9. The van der Waals surface area contributed by atoms with Crippen LogP contribution in [-0.4, -0.2) is 59.1 Å². The van der Waals surface area contributed by atoms with E-state index in [0.717, 1.165) is 42.5 Å². The SMILES string of the molecule is O=S(=O)(C1CC1)N1CCCN(c2ncnc3cnccc23)CC1. The zero-order valence-corrected chi connectivity index (χ0v) is 13.6. The monoisotopic (exact) mass is 333 g/mol. The van der Waals surface area contributed by atoms with Crippen molar-refractivity contribution in [3.8, 4) is 0 Å². The Bertz CT molecular complexity index is 816. The summed E-state index contributed by atoms with van der Waals surface area (Å²) in [5.74, 6) is 0.864. The Balaban J connectivity index is 1.59. The molecule has 2 aliphatic rings. The highest BCUT2D eigenvalue weighted by molar-refractivity contribution is 7.90. The number of anilines is 1. The molecule has 0 atom stereocenters. The van der Waals surface area contributed by atoms with Gasteiger partial charge in [0.2, 0.25) is 10.0 Å². The molecule has 3 heterocycles. The van der Waals surface area contributed by atoms with Crippen LogP contribution >= 0.6 is 0 Å². The van der Waals surface area contributed by atoms with Crippen LogP contribution in [0.3, 0.4) is 0 Å². The third kappa shape index (κ3) is 2.76. The molecule has 1 saturated heterocycles. The molecule has 8 heteroatoms. The lowest BCUT2D eigenvalue weighted by Gasteiger charge is -2.23. The zero-order valence-electron chi connectivity index (χ0n) is 12.8. The van der Waals surface area contributed by atoms with E-state index < -0.39 is 10.0 Å². The predicted octanol–water partition coefficient (Wildman–Crippen LogP) is 1.03. The topological polar surface area (TPSA) is 79.3 Å². The molecule has 0 N–H and O–H groups in total. The molecule has 1 saturated carbocycles. The fourth-order valence-electron chi connectivity index (χ4n) is 3.08. The molecule has 4 rings (SSSR count). The predicted molar refractivity (Wildman–Crippen MR) is 87.7 cm³/mol. The smallest absolute Gasteiger partial charge is 0.217 e. The number of nitrogens with zero attached hydrogens (tertiary/aromatic N) is 5. The highest BCUT2D eigenvalue weighted by atomic mass is 32.2. The van der Waals surface area contributed by atoms with Crippen LogP contribution in [0.4, 0.5) is 5.82 Å². The first-order valence-corrected chi connectivity index (χ1v) is 9.45. The fourth-order valence-corrected chi connectivity index (χ4v) is 4.96. The average molecular weight is 333 g/mol. The van der Waals surface area contributed by atoms with Gasteiger partial charge in [0.1, 0.15) is 12.1 Å². The van der Waals surface area contributed by atoms with Gasteiger partial charge >= 0.3 is 0 Å². The minimum Gasteiger partial charge on any atom is -0.355 e. The summed E-state index contributed by atoms with van der Waals surface area (Å²) >= 11 is 0. The van der Waals surface area contributed by atoms with E-state index in [9.17, 15) is 8.42 Å². The molecule has 2 aromatic heterocycles. The van der Waals surface area contributed by atoms with Crippen molar-refractivity contribution in [3.05, 3.63) is 24.8 Å². The second-order valence-corrected chi connectivity index (χ2v) is 8.29. The Kier molecular flexibility index (Phi) is 3.65. The molecule has 0 amide bonds. The Hall–Kier alpha value is -1.80. The largest absolute Gasteiger partial charge is 0.355 e. The van der Waals surface area contributed by atoms with Gasteiger partial charge in [-0.05, 0) is 25.3 Å². The van der Waals surface area contributed by atoms with E-state index in [1.165, 1.54) is 0 Å². The molecule has 1 aliphatic heterocycles. The standard InChI is InChI=1S/C15H19N5O2S/c21-23(22,12-2-3-12)20-7-1-6-19(8-9-20)15-13-4-5-16-10-14(13)17-11-18-15/h4-5,10-12H,1-3,6-9H2. The Morgan fingerprint density at radius 2 is 1.96 bits per heavy atom. The summed E-state index contributed by atoms with van der Waals surface area (Å²) in [5, 5.41) is 0.820. The molecular formula is C15H19N5O2S. The van der Waals surface area contributed by atoms with Gasteiger partial charge in [-0.3, -0.25) is 4.98 Å². The van der Waals surface area contributed by atoms with Crippen LogP contribution in [0.2, 0.25) is 0 Å². The number of rotatable bonds is 3. The van der Waals surface area contributed by atoms with Gasteiger partial charge in [0, 0.05) is 37.8 Å². The third-order valence-corrected chi connectivity index (χ3v) is 6.88. The Morgan fingerprint density at radius 3 is 2.78 bits per heavy atom. The van der Waals surface area contributed by atoms with Gasteiger partial charge in [-0.25, -0.2) is 18.4 Å². The summed E-state index contributed by atoms with van der Waals surface area (Å²) < 4.78 is 26.5. The lowest BCUT2D eigenvalue weighted by Crippen LogP contribution is -2.37. The van der Waals surface area contributed by atoms with Gasteiger partial charge in [-0.15, -0.1) is 0 Å². The molecule has 2 fully saturated rings. The summed E-state index contributed by atoms with van der Waals surface area (Å²) in [6, 6.07) is 1.91. The molecule has 2 aromatic rings. The fraction of sp³-hybridized carbons (Fsp3) is 0.533. The molecule has 122 valence electrons. The minimum absolute atomic E-state index is 0.139. The first-order chi connectivity index (χ1) is 11.2. The zero-order chi connectivity index (χ0) is 15.9. The second kappa shape index (κ2) is 5.68. The maximum Gasteiger partial charge on any atom is 0.217 e. The van der Waals surface area contributed by atoms with E-state index in [-0.39, 0.29) is 5.25 Å². The molecule has 1 aliphatic carbocycles. The molecular weight excluding hydrogens is 314 g/mol. The summed E-state index contributed by atoms with van der Waals surface area (Å²) in [7, 11) is -3.10. The van der Waals surface area contributed by atoms with Crippen molar-refractivity contribution in [2.75, 3.05) is 31.1 Å². The third-order valence-electron chi connectivity index (χ3n) is 4.48. The quantitative estimate of drug-likeness (QED) is 0.835. The highest BCUT2D eigenvalue weighted by Gasteiger charge is 2.40. The Labute approximate surface area is 135 Å². The van der Waals surface area contributed by atoms with Crippen molar-refractivity contribution in [2.24, 2.45) is 0 Å². The van der Waals surface area contributed by atoms with Crippen molar-refractivity contribution < 1.29 is 8.42 Å². The summed E-state index contributed by atoms with van der Waals surface area (Å²) in [6.07, 6.45) is 7.43. The van der Waals surface area contributed by atoms with E-state index in [2.05, 4.69) is 19.9 Å². The van der Waals surface area contributed by atoms with Crippen molar-refractivity contribution in [2.45, 2.75) is 24.5 Å². The highest BCUT2D eigenvalue weighted by Crippen LogP contribution is 2.32. The van der Waals surface area contributed by atoms with Gasteiger partial charge in [0.05, 0.1) is 17.0 Å². The van der Waals surface area contributed by atoms with Crippen LogP contribution in [-0.2, 0) is 10.0 Å². The van der Waals surface area contributed by atoms with E-state index in [1.54, 1.807) is 23.0 Å². The Morgan fingerprint density at radius 1 is 1.09 bits per heavy atom. The molecule has 0 spiro atoms. The minimum atomic E-state index is -3.10. The summed E-state index contributed by atoms with van der Waals surface area (Å²) in [6.45, 7) is 2.57. The second-order valence-electron chi connectivity index (χ2n) is 6.07. The number of pyridine rings is 1. The van der Waals surface area contributed by atoms with Gasteiger partial charge < -0.3 is 4.90 Å². The van der Waals surface area contributed by atoms with Crippen LogP contribution < -0.4 is 4.90 Å². The molecule has 0 radical (unpaired) electrons. The van der Waals surface area contributed by atoms with E-state index >= 15 is 0 Å². The van der Waals surface area contributed by atoms with E-state index in [1.807, 2.05) is 6.07 Å².